The van der Waals surface area contributed by atoms with Gasteiger partial charge in [-0.3, -0.25) is 14.6 Å². The summed E-state index contributed by atoms with van der Waals surface area (Å²) in [5.74, 6) is -0.549. The van der Waals surface area contributed by atoms with Crippen LogP contribution in [0.4, 0.5) is 0 Å². The van der Waals surface area contributed by atoms with Crippen LogP contribution in [-0.2, 0) is 4.57 Å². The molecule has 0 spiro atoms. The Morgan fingerprint density at radius 3 is 2.29 bits per heavy atom. The van der Waals surface area contributed by atoms with Crippen LogP contribution in [0.3, 0.4) is 0 Å². The first-order valence-electron chi connectivity index (χ1n) is 6.58. The highest BCUT2D eigenvalue weighted by molar-refractivity contribution is 7.46. The maximum atomic E-state index is 12.1. The zero-order valence-electron chi connectivity index (χ0n) is 11.9. The summed E-state index contributed by atoms with van der Waals surface area (Å²) in [6, 6.07) is 8.89. The third-order valence-corrected chi connectivity index (χ3v) is 3.61. The van der Waals surface area contributed by atoms with Crippen molar-refractivity contribution in [3.05, 3.63) is 52.7 Å². The van der Waals surface area contributed by atoms with Crippen molar-refractivity contribution in [1.29, 1.82) is 0 Å². The minimum absolute atomic E-state index is 0.00513. The Hall–Kier alpha value is -2.80. The lowest BCUT2D eigenvalue weighted by molar-refractivity contribution is 0.283. The second-order valence-corrected chi connectivity index (χ2v) is 6.08. The van der Waals surface area contributed by atoms with Crippen molar-refractivity contribution in [3.63, 3.8) is 0 Å². The van der Waals surface area contributed by atoms with Gasteiger partial charge in [0.1, 0.15) is 34.0 Å². The summed E-state index contributed by atoms with van der Waals surface area (Å²) < 4.78 is 20.7. The molecule has 0 aliphatic rings. The Balaban J connectivity index is 2.07. The molecule has 1 heterocycles. The molecule has 3 aromatic rings. The Bertz CT molecular complexity index is 1020. The molecule has 1 aromatic heterocycles. The van der Waals surface area contributed by atoms with Gasteiger partial charge in [0.15, 0.2) is 5.43 Å². The van der Waals surface area contributed by atoms with Crippen LogP contribution in [0, 0.1) is 0 Å². The maximum absolute atomic E-state index is 12.1. The lowest BCUT2D eigenvalue weighted by atomic mass is 10.1. The monoisotopic (exact) mass is 350 g/mol. The molecule has 0 saturated carbocycles. The number of hydrogen-bond donors (Lipinski definition) is 4. The van der Waals surface area contributed by atoms with Gasteiger partial charge < -0.3 is 19.2 Å². The minimum atomic E-state index is -4.66. The molecule has 0 saturated heterocycles. The van der Waals surface area contributed by atoms with Crippen molar-refractivity contribution in [2.45, 2.75) is 0 Å². The van der Waals surface area contributed by atoms with Crippen molar-refractivity contribution >= 4 is 18.8 Å². The van der Waals surface area contributed by atoms with E-state index < -0.39 is 19.0 Å². The lowest BCUT2D eigenvalue weighted by Crippen LogP contribution is -2.00. The summed E-state index contributed by atoms with van der Waals surface area (Å²) in [5, 5.41) is 19.2. The Morgan fingerprint density at radius 2 is 1.67 bits per heavy atom. The third-order valence-electron chi connectivity index (χ3n) is 3.16. The van der Waals surface area contributed by atoms with Gasteiger partial charge in [0.25, 0.3) is 0 Å². The highest BCUT2D eigenvalue weighted by Gasteiger charge is 2.16. The van der Waals surface area contributed by atoms with Crippen molar-refractivity contribution < 1.29 is 33.5 Å². The number of fused-ring (bicyclic) bond motifs is 1. The van der Waals surface area contributed by atoms with Crippen LogP contribution < -0.4 is 9.95 Å². The first-order chi connectivity index (χ1) is 11.2. The number of phosphoric ester groups is 1. The van der Waals surface area contributed by atoms with Crippen LogP contribution >= 0.6 is 7.82 Å². The number of phenols is 2. The van der Waals surface area contributed by atoms with E-state index in [1.165, 1.54) is 30.3 Å². The molecular formula is C15H11O8P. The molecule has 8 nitrogen and oxygen atoms in total. The summed E-state index contributed by atoms with van der Waals surface area (Å²) in [5.41, 5.74) is -0.0558. The maximum Gasteiger partial charge on any atom is 0.524 e. The van der Waals surface area contributed by atoms with Crippen molar-refractivity contribution in [1.82, 2.24) is 0 Å². The van der Waals surface area contributed by atoms with Crippen LogP contribution in [0.2, 0.25) is 0 Å². The molecule has 24 heavy (non-hydrogen) atoms. The summed E-state index contributed by atoms with van der Waals surface area (Å²) >= 11 is 0. The molecule has 0 unspecified atom stereocenters. The van der Waals surface area contributed by atoms with E-state index in [2.05, 4.69) is 4.52 Å². The van der Waals surface area contributed by atoms with Gasteiger partial charge in [0, 0.05) is 23.8 Å². The van der Waals surface area contributed by atoms with Gasteiger partial charge in [0.05, 0.1) is 0 Å². The van der Waals surface area contributed by atoms with Gasteiger partial charge in [-0.25, -0.2) is 4.57 Å². The van der Waals surface area contributed by atoms with Gasteiger partial charge in [-0.1, -0.05) is 0 Å². The molecule has 0 bridgehead atoms. The molecular weight excluding hydrogens is 339 g/mol. The van der Waals surface area contributed by atoms with Gasteiger partial charge in [-0.2, -0.15) is 0 Å². The number of phosphoric acid groups is 1. The van der Waals surface area contributed by atoms with E-state index in [9.17, 15) is 19.6 Å². The fourth-order valence-corrected chi connectivity index (χ4v) is 2.61. The first kappa shape index (κ1) is 16.1. The Kier molecular flexibility index (Phi) is 3.81. The normalized spacial score (nSPS) is 11.6. The van der Waals surface area contributed by atoms with E-state index in [4.69, 9.17) is 14.2 Å². The highest BCUT2D eigenvalue weighted by atomic mass is 31.2. The zero-order chi connectivity index (χ0) is 17.5. The molecule has 124 valence electrons. The lowest BCUT2D eigenvalue weighted by Gasteiger charge is -2.08. The Labute approximate surface area is 134 Å². The summed E-state index contributed by atoms with van der Waals surface area (Å²) in [4.78, 5) is 29.6. The van der Waals surface area contributed by atoms with Crippen LogP contribution in [0.5, 0.6) is 17.2 Å². The number of phenolic OH excluding ortho intramolecular Hbond substituents is 2. The smallest absolute Gasteiger partial charge is 0.508 e. The average Bonchev–Trinajstić information content (AvgIpc) is 2.45. The number of hydrogen-bond acceptors (Lipinski definition) is 6. The van der Waals surface area contributed by atoms with E-state index in [-0.39, 0.29) is 28.2 Å². The number of benzene rings is 2. The van der Waals surface area contributed by atoms with Gasteiger partial charge in [0.2, 0.25) is 0 Å². The first-order valence-corrected chi connectivity index (χ1v) is 8.11. The third kappa shape index (κ3) is 3.26. The van der Waals surface area contributed by atoms with Gasteiger partial charge >= 0.3 is 7.82 Å². The summed E-state index contributed by atoms with van der Waals surface area (Å²) in [6.07, 6.45) is 0. The molecule has 0 amide bonds. The molecule has 0 aliphatic heterocycles. The van der Waals surface area contributed by atoms with Crippen LogP contribution in [0.15, 0.2) is 51.7 Å². The SMILES string of the molecule is O=c1cc(-c2ccc(OP(=O)(O)O)cc2)oc2cc(O)cc(O)c12. The predicted molar refractivity (Wildman–Crippen MR) is 83.9 cm³/mol. The Morgan fingerprint density at radius 1 is 1.00 bits per heavy atom. The number of rotatable bonds is 3. The second kappa shape index (κ2) is 5.68. The second-order valence-electron chi connectivity index (χ2n) is 4.92. The standard InChI is InChI=1S/C15H11O8P/c16-9-5-11(17)15-12(18)7-13(22-14(15)6-9)8-1-3-10(4-2-8)23-24(19,20)21/h1-7,16-17H,(H2,19,20,21). The van der Waals surface area contributed by atoms with Gasteiger partial charge in [-0.15, -0.1) is 0 Å². The topological polar surface area (TPSA) is 137 Å². The molecule has 2 aromatic carbocycles. The fraction of sp³-hybridized carbons (Fsp3) is 0. The quantitative estimate of drug-likeness (QED) is 0.528. The average molecular weight is 350 g/mol. The van der Waals surface area contributed by atoms with E-state index in [1.54, 1.807) is 0 Å². The van der Waals surface area contributed by atoms with E-state index in [1.807, 2.05) is 0 Å². The molecule has 0 atom stereocenters. The minimum Gasteiger partial charge on any atom is -0.508 e. The predicted octanol–water partition coefficient (Wildman–Crippen LogP) is 2.34. The molecule has 0 fully saturated rings. The van der Waals surface area contributed by atoms with Crippen LogP contribution in [0.25, 0.3) is 22.3 Å². The highest BCUT2D eigenvalue weighted by Crippen LogP contribution is 2.38. The summed E-state index contributed by atoms with van der Waals surface area (Å²) in [6.45, 7) is 0. The van der Waals surface area contributed by atoms with Crippen molar-refractivity contribution in [2.24, 2.45) is 0 Å². The van der Waals surface area contributed by atoms with Crippen molar-refractivity contribution in [2.75, 3.05) is 0 Å². The fourth-order valence-electron chi connectivity index (χ4n) is 2.21. The number of aromatic hydroxyl groups is 2. The van der Waals surface area contributed by atoms with Gasteiger partial charge in [-0.05, 0) is 24.3 Å². The summed E-state index contributed by atoms with van der Waals surface area (Å²) in [7, 11) is -4.66. The molecule has 0 aliphatic carbocycles. The van der Waals surface area contributed by atoms with E-state index >= 15 is 0 Å². The molecule has 4 N–H and O–H groups in total. The van der Waals surface area contributed by atoms with Crippen molar-refractivity contribution in [3.8, 4) is 28.6 Å². The largest absolute Gasteiger partial charge is 0.524 e. The van der Waals surface area contributed by atoms with E-state index in [0.717, 1.165) is 12.1 Å². The van der Waals surface area contributed by atoms with Crippen LogP contribution in [0.1, 0.15) is 0 Å². The molecule has 3 rings (SSSR count). The van der Waals surface area contributed by atoms with Crippen LogP contribution in [-0.4, -0.2) is 20.0 Å². The molecule has 9 heteroatoms. The zero-order valence-corrected chi connectivity index (χ0v) is 12.8. The van der Waals surface area contributed by atoms with E-state index in [0.29, 0.717) is 5.56 Å². The molecule has 0 radical (unpaired) electrons.